The van der Waals surface area contributed by atoms with Crippen molar-refractivity contribution in [2.75, 3.05) is 13.1 Å². The average Bonchev–Trinajstić information content (AvgIpc) is 2.45. The lowest BCUT2D eigenvalue weighted by atomic mass is 10.2. The maximum Gasteiger partial charge on any atom is 0.322 e. The van der Waals surface area contributed by atoms with E-state index in [2.05, 4.69) is 10.0 Å². The van der Waals surface area contributed by atoms with Crippen LogP contribution in [0.5, 0.6) is 0 Å². The standard InChI is InChI=1S/C13H16N2O6S/c1-9(16)10-2-4-11(5-3-10)22(20,21)15-7-6-12(17)14-8-13(18)19/h2-5,15H,6-8H2,1H3,(H,14,17)(H,18,19). The van der Waals surface area contributed by atoms with Gasteiger partial charge in [-0.2, -0.15) is 0 Å². The first-order valence-corrected chi connectivity index (χ1v) is 7.80. The Hall–Kier alpha value is -2.26. The van der Waals surface area contributed by atoms with Crippen LogP contribution in [-0.4, -0.2) is 44.3 Å². The predicted octanol–water partition coefficient (Wildman–Crippen LogP) is -0.242. The smallest absolute Gasteiger partial charge is 0.322 e. The van der Waals surface area contributed by atoms with Crippen LogP contribution in [0.15, 0.2) is 29.2 Å². The number of hydrogen-bond acceptors (Lipinski definition) is 5. The number of carboxylic acid groups (broad SMARTS) is 1. The maximum atomic E-state index is 11.9. The van der Waals surface area contributed by atoms with E-state index in [0.717, 1.165) is 0 Å². The Kier molecular flexibility index (Phi) is 6.20. The van der Waals surface area contributed by atoms with Gasteiger partial charge in [-0.05, 0) is 19.1 Å². The largest absolute Gasteiger partial charge is 0.480 e. The van der Waals surface area contributed by atoms with E-state index < -0.39 is 28.4 Å². The van der Waals surface area contributed by atoms with Crippen LogP contribution in [0.25, 0.3) is 0 Å². The Morgan fingerprint density at radius 3 is 2.23 bits per heavy atom. The summed E-state index contributed by atoms with van der Waals surface area (Å²) in [5.41, 5.74) is 0.395. The van der Waals surface area contributed by atoms with E-state index in [1.807, 2.05) is 0 Å². The number of Topliss-reactive ketones (excluding diaryl/α,β-unsaturated/α-hetero) is 1. The molecule has 0 bridgehead atoms. The van der Waals surface area contributed by atoms with Crippen molar-refractivity contribution in [3.8, 4) is 0 Å². The summed E-state index contributed by atoms with van der Waals surface area (Å²) in [4.78, 5) is 32.6. The van der Waals surface area contributed by atoms with Crippen molar-refractivity contribution >= 4 is 27.7 Å². The van der Waals surface area contributed by atoms with E-state index >= 15 is 0 Å². The third-order valence-electron chi connectivity index (χ3n) is 2.65. The van der Waals surface area contributed by atoms with Gasteiger partial charge in [-0.15, -0.1) is 0 Å². The number of amides is 1. The summed E-state index contributed by atoms with van der Waals surface area (Å²) in [7, 11) is -3.79. The fourth-order valence-electron chi connectivity index (χ4n) is 1.51. The van der Waals surface area contributed by atoms with E-state index in [1.165, 1.54) is 31.2 Å². The molecule has 0 aliphatic rings. The Labute approximate surface area is 127 Å². The second-order valence-electron chi connectivity index (χ2n) is 4.40. The van der Waals surface area contributed by atoms with E-state index in [4.69, 9.17) is 5.11 Å². The lowest BCUT2D eigenvalue weighted by Gasteiger charge is -2.07. The topological polar surface area (TPSA) is 130 Å². The van der Waals surface area contributed by atoms with Gasteiger partial charge in [-0.25, -0.2) is 13.1 Å². The number of rotatable bonds is 8. The van der Waals surface area contributed by atoms with Gasteiger partial charge in [0.05, 0.1) is 4.90 Å². The van der Waals surface area contributed by atoms with Gasteiger partial charge in [0.1, 0.15) is 6.54 Å². The molecule has 9 heteroatoms. The first-order valence-electron chi connectivity index (χ1n) is 6.31. The maximum absolute atomic E-state index is 11.9. The summed E-state index contributed by atoms with van der Waals surface area (Å²) in [5, 5.41) is 10.5. The number of hydrogen-bond donors (Lipinski definition) is 3. The SMILES string of the molecule is CC(=O)c1ccc(S(=O)(=O)NCCC(=O)NCC(=O)O)cc1. The minimum absolute atomic E-state index is 0.0246. The van der Waals surface area contributed by atoms with Crippen molar-refractivity contribution in [3.63, 3.8) is 0 Å². The number of benzene rings is 1. The molecule has 8 nitrogen and oxygen atoms in total. The molecule has 0 heterocycles. The minimum atomic E-state index is -3.79. The van der Waals surface area contributed by atoms with E-state index in [9.17, 15) is 22.8 Å². The van der Waals surface area contributed by atoms with Gasteiger partial charge < -0.3 is 10.4 Å². The number of ketones is 1. The molecule has 120 valence electrons. The first kappa shape index (κ1) is 17.8. The monoisotopic (exact) mass is 328 g/mol. The van der Waals surface area contributed by atoms with Gasteiger partial charge in [0, 0.05) is 18.5 Å². The molecule has 0 unspecified atom stereocenters. The van der Waals surface area contributed by atoms with Crippen molar-refractivity contribution in [1.82, 2.24) is 10.0 Å². The Morgan fingerprint density at radius 2 is 1.73 bits per heavy atom. The second kappa shape index (κ2) is 7.66. The van der Waals surface area contributed by atoms with Gasteiger partial charge in [0.15, 0.2) is 5.78 Å². The van der Waals surface area contributed by atoms with E-state index in [1.54, 1.807) is 0 Å². The molecule has 1 amide bonds. The third-order valence-corrected chi connectivity index (χ3v) is 4.13. The molecule has 0 aromatic heterocycles. The van der Waals surface area contributed by atoms with E-state index in [-0.39, 0.29) is 23.6 Å². The molecule has 1 rings (SSSR count). The average molecular weight is 328 g/mol. The number of nitrogens with one attached hydrogen (secondary N) is 2. The number of carbonyl (C=O) groups is 3. The van der Waals surface area contributed by atoms with Crippen LogP contribution >= 0.6 is 0 Å². The molecule has 0 aliphatic carbocycles. The van der Waals surface area contributed by atoms with Gasteiger partial charge in [-0.3, -0.25) is 14.4 Å². The van der Waals surface area contributed by atoms with Crippen LogP contribution in [-0.2, 0) is 19.6 Å². The van der Waals surface area contributed by atoms with Crippen molar-refractivity contribution in [1.29, 1.82) is 0 Å². The highest BCUT2D eigenvalue weighted by Crippen LogP contribution is 2.10. The Morgan fingerprint density at radius 1 is 1.14 bits per heavy atom. The Balaban J connectivity index is 2.55. The van der Waals surface area contributed by atoms with Crippen molar-refractivity contribution in [2.45, 2.75) is 18.2 Å². The number of sulfonamides is 1. The fraction of sp³-hybridized carbons (Fsp3) is 0.308. The van der Waals surface area contributed by atoms with Crippen LogP contribution in [0.1, 0.15) is 23.7 Å². The van der Waals surface area contributed by atoms with Gasteiger partial charge in [0.2, 0.25) is 15.9 Å². The van der Waals surface area contributed by atoms with Crippen molar-refractivity contribution < 1.29 is 27.9 Å². The lowest BCUT2D eigenvalue weighted by Crippen LogP contribution is -2.33. The van der Waals surface area contributed by atoms with Crippen LogP contribution in [0, 0.1) is 0 Å². The highest BCUT2D eigenvalue weighted by Gasteiger charge is 2.14. The molecular weight excluding hydrogens is 312 g/mol. The third kappa shape index (κ3) is 5.62. The first-order chi connectivity index (χ1) is 10.2. The van der Waals surface area contributed by atoms with Crippen LogP contribution in [0.4, 0.5) is 0 Å². The zero-order valence-corrected chi connectivity index (χ0v) is 12.6. The van der Waals surface area contributed by atoms with Crippen molar-refractivity contribution in [3.05, 3.63) is 29.8 Å². The highest BCUT2D eigenvalue weighted by molar-refractivity contribution is 7.89. The van der Waals surface area contributed by atoms with Gasteiger partial charge in [0.25, 0.3) is 0 Å². The molecule has 1 aromatic rings. The summed E-state index contributed by atoms with van der Waals surface area (Å²) in [6.45, 7) is 0.692. The molecule has 0 saturated heterocycles. The van der Waals surface area contributed by atoms with Crippen LogP contribution in [0.2, 0.25) is 0 Å². The number of aliphatic carboxylic acids is 1. The predicted molar refractivity (Wildman–Crippen MR) is 76.9 cm³/mol. The zero-order valence-electron chi connectivity index (χ0n) is 11.8. The number of carbonyl (C=O) groups excluding carboxylic acids is 2. The molecule has 0 fully saturated rings. The molecule has 0 atom stereocenters. The summed E-state index contributed by atoms with van der Waals surface area (Å²) in [6.07, 6.45) is -0.183. The quantitative estimate of drug-likeness (QED) is 0.565. The molecule has 0 radical (unpaired) electrons. The highest BCUT2D eigenvalue weighted by atomic mass is 32.2. The van der Waals surface area contributed by atoms with Crippen molar-refractivity contribution in [2.24, 2.45) is 0 Å². The molecule has 0 aliphatic heterocycles. The molecule has 0 saturated carbocycles. The summed E-state index contributed by atoms with van der Waals surface area (Å²) in [6, 6.07) is 5.39. The Bertz CT molecular complexity index is 666. The lowest BCUT2D eigenvalue weighted by molar-refractivity contribution is -0.137. The summed E-state index contributed by atoms with van der Waals surface area (Å²) in [5.74, 6) is -1.93. The minimum Gasteiger partial charge on any atom is -0.480 e. The zero-order chi connectivity index (χ0) is 16.8. The fourth-order valence-corrected chi connectivity index (χ4v) is 2.55. The molecule has 3 N–H and O–H groups in total. The molecule has 22 heavy (non-hydrogen) atoms. The normalized spacial score (nSPS) is 11.0. The molecular formula is C13H16N2O6S. The van der Waals surface area contributed by atoms with Gasteiger partial charge in [-0.1, -0.05) is 12.1 Å². The summed E-state index contributed by atoms with van der Waals surface area (Å²) < 4.78 is 26.1. The number of carboxylic acids is 1. The molecule has 1 aromatic carbocycles. The molecule has 0 spiro atoms. The summed E-state index contributed by atoms with van der Waals surface area (Å²) >= 11 is 0. The van der Waals surface area contributed by atoms with Crippen LogP contribution in [0.3, 0.4) is 0 Å². The van der Waals surface area contributed by atoms with Crippen LogP contribution < -0.4 is 10.0 Å². The van der Waals surface area contributed by atoms with E-state index in [0.29, 0.717) is 5.56 Å². The second-order valence-corrected chi connectivity index (χ2v) is 6.17. The van der Waals surface area contributed by atoms with Gasteiger partial charge >= 0.3 is 5.97 Å².